The predicted octanol–water partition coefficient (Wildman–Crippen LogP) is 6.59. The maximum atomic E-state index is 13.7. The summed E-state index contributed by atoms with van der Waals surface area (Å²) in [6.45, 7) is 0. The highest BCUT2D eigenvalue weighted by atomic mass is 79.9. The number of benzene rings is 3. The summed E-state index contributed by atoms with van der Waals surface area (Å²) in [5.41, 5.74) is -1.26. The van der Waals surface area contributed by atoms with Crippen molar-refractivity contribution in [3.05, 3.63) is 92.7 Å². The molecule has 0 radical (unpaired) electrons. The molecule has 174 valence electrons. The molecule has 0 amide bonds. The van der Waals surface area contributed by atoms with Crippen LogP contribution >= 0.6 is 15.9 Å². The minimum atomic E-state index is -5.03. The van der Waals surface area contributed by atoms with Gasteiger partial charge >= 0.3 is 12.1 Å². The molecular formula is C24H14BrF3O6. The first kappa shape index (κ1) is 23.4. The van der Waals surface area contributed by atoms with Gasteiger partial charge < -0.3 is 18.6 Å². The van der Waals surface area contributed by atoms with Crippen molar-refractivity contribution in [3.8, 4) is 23.0 Å². The number of para-hydroxylation sites is 1. The summed E-state index contributed by atoms with van der Waals surface area (Å²) < 4.78 is 62.1. The number of hydrogen-bond acceptors (Lipinski definition) is 6. The van der Waals surface area contributed by atoms with E-state index in [1.54, 1.807) is 30.3 Å². The number of esters is 1. The molecule has 0 aliphatic rings. The zero-order chi connectivity index (χ0) is 24.5. The van der Waals surface area contributed by atoms with E-state index in [1.807, 2.05) is 0 Å². The molecule has 34 heavy (non-hydrogen) atoms. The van der Waals surface area contributed by atoms with Crippen LogP contribution in [0.2, 0.25) is 0 Å². The molecule has 0 aliphatic heterocycles. The Bertz CT molecular complexity index is 1430. The van der Waals surface area contributed by atoms with Crippen molar-refractivity contribution in [3.63, 3.8) is 0 Å². The first-order chi connectivity index (χ1) is 16.2. The van der Waals surface area contributed by atoms with Crippen LogP contribution < -0.4 is 19.6 Å². The fourth-order valence-corrected chi connectivity index (χ4v) is 3.40. The zero-order valence-electron chi connectivity index (χ0n) is 17.3. The van der Waals surface area contributed by atoms with Crippen LogP contribution in [0.15, 0.2) is 80.4 Å². The maximum Gasteiger partial charge on any atom is 0.453 e. The van der Waals surface area contributed by atoms with E-state index in [0.717, 1.165) is 6.07 Å². The minimum Gasteiger partial charge on any atom is -0.497 e. The summed E-state index contributed by atoms with van der Waals surface area (Å²) in [4.78, 5) is 25.3. The number of hydrogen-bond donors (Lipinski definition) is 0. The number of ether oxygens (including phenoxy) is 3. The van der Waals surface area contributed by atoms with Crippen LogP contribution in [-0.4, -0.2) is 13.1 Å². The molecule has 0 aliphatic carbocycles. The van der Waals surface area contributed by atoms with Gasteiger partial charge in [-0.25, -0.2) is 4.79 Å². The van der Waals surface area contributed by atoms with Gasteiger partial charge in [-0.2, -0.15) is 13.2 Å². The summed E-state index contributed by atoms with van der Waals surface area (Å²) in [7, 11) is 1.47. The molecule has 3 aromatic carbocycles. The number of fused-ring (bicyclic) bond motifs is 1. The molecular weight excluding hydrogens is 521 g/mol. The van der Waals surface area contributed by atoms with Crippen molar-refractivity contribution in [1.29, 1.82) is 0 Å². The Balaban J connectivity index is 1.73. The van der Waals surface area contributed by atoms with Crippen LogP contribution in [0, 0.1) is 0 Å². The molecule has 0 saturated carbocycles. The van der Waals surface area contributed by atoms with Crippen molar-refractivity contribution < 1.29 is 36.6 Å². The molecule has 0 unspecified atom stereocenters. The van der Waals surface area contributed by atoms with Crippen molar-refractivity contribution in [1.82, 2.24) is 0 Å². The molecule has 0 spiro atoms. The first-order valence-electron chi connectivity index (χ1n) is 9.64. The third-order valence-corrected chi connectivity index (χ3v) is 5.32. The Hall–Kier alpha value is -3.79. The first-order valence-corrected chi connectivity index (χ1v) is 10.4. The van der Waals surface area contributed by atoms with Gasteiger partial charge in [-0.3, -0.25) is 4.79 Å². The van der Waals surface area contributed by atoms with Gasteiger partial charge in [0.15, 0.2) is 0 Å². The van der Waals surface area contributed by atoms with E-state index in [4.69, 9.17) is 18.6 Å². The third-order valence-electron chi connectivity index (χ3n) is 4.66. The Morgan fingerprint density at radius 3 is 2.29 bits per heavy atom. The van der Waals surface area contributed by atoms with Crippen molar-refractivity contribution in [2.24, 2.45) is 0 Å². The van der Waals surface area contributed by atoms with E-state index in [1.165, 1.54) is 37.4 Å². The number of rotatable bonds is 5. The number of carbonyl (C=O) groups excluding carboxylic acids is 1. The standard InChI is InChI=1S/C24H14BrF3O6/c1-31-14-8-6-13(7-9-14)23(30)32-15-10-11-16-19(12-15)34-22(24(26,27)28)21(20(16)29)33-18-5-3-2-4-17(18)25/h2-12H,1H3. The normalized spacial score (nSPS) is 11.3. The molecule has 0 N–H and O–H groups in total. The van der Waals surface area contributed by atoms with Gasteiger partial charge in [0.05, 0.1) is 22.5 Å². The van der Waals surface area contributed by atoms with Crippen LogP contribution in [0.4, 0.5) is 13.2 Å². The van der Waals surface area contributed by atoms with Gasteiger partial charge in [-0.15, -0.1) is 0 Å². The number of methoxy groups -OCH3 is 1. The molecule has 1 aromatic heterocycles. The summed E-state index contributed by atoms with van der Waals surface area (Å²) in [6.07, 6.45) is -5.03. The topological polar surface area (TPSA) is 75.0 Å². The maximum absolute atomic E-state index is 13.7. The fraction of sp³-hybridized carbons (Fsp3) is 0.0833. The SMILES string of the molecule is COc1ccc(C(=O)Oc2ccc3c(=O)c(Oc4ccccc4Br)c(C(F)(F)F)oc3c2)cc1. The second-order valence-electron chi connectivity index (χ2n) is 6.90. The molecule has 4 aromatic rings. The average Bonchev–Trinajstić information content (AvgIpc) is 2.81. The second-order valence-corrected chi connectivity index (χ2v) is 7.75. The van der Waals surface area contributed by atoms with Gasteiger partial charge in [-0.05, 0) is 64.5 Å². The highest BCUT2D eigenvalue weighted by Crippen LogP contribution is 2.40. The molecule has 0 atom stereocenters. The lowest BCUT2D eigenvalue weighted by Gasteiger charge is -2.14. The Morgan fingerprint density at radius 1 is 0.971 bits per heavy atom. The van der Waals surface area contributed by atoms with E-state index < -0.39 is 34.7 Å². The highest BCUT2D eigenvalue weighted by Gasteiger charge is 2.40. The van der Waals surface area contributed by atoms with Crippen LogP contribution in [0.3, 0.4) is 0 Å². The minimum absolute atomic E-state index is 0.00434. The van der Waals surface area contributed by atoms with Crippen LogP contribution in [0.5, 0.6) is 23.0 Å². The lowest BCUT2D eigenvalue weighted by Crippen LogP contribution is -2.16. The summed E-state index contributed by atoms with van der Waals surface area (Å²) in [5, 5.41) is -0.181. The van der Waals surface area contributed by atoms with Crippen LogP contribution in [0.25, 0.3) is 11.0 Å². The Morgan fingerprint density at radius 2 is 1.65 bits per heavy atom. The summed E-state index contributed by atoms with van der Waals surface area (Å²) in [5.74, 6) is -2.94. The van der Waals surface area contributed by atoms with Crippen molar-refractivity contribution in [2.75, 3.05) is 7.11 Å². The smallest absolute Gasteiger partial charge is 0.453 e. The van der Waals surface area contributed by atoms with Gasteiger partial charge in [0.25, 0.3) is 5.76 Å². The Labute approximate surface area is 198 Å². The van der Waals surface area contributed by atoms with E-state index in [0.29, 0.717) is 10.2 Å². The molecule has 1 heterocycles. The van der Waals surface area contributed by atoms with Crippen LogP contribution in [-0.2, 0) is 6.18 Å². The molecule has 0 fully saturated rings. The van der Waals surface area contributed by atoms with Crippen molar-refractivity contribution in [2.45, 2.75) is 6.18 Å². The predicted molar refractivity (Wildman–Crippen MR) is 120 cm³/mol. The monoisotopic (exact) mass is 534 g/mol. The second kappa shape index (κ2) is 9.22. The van der Waals surface area contributed by atoms with Gasteiger partial charge in [0, 0.05) is 6.07 Å². The van der Waals surface area contributed by atoms with E-state index in [2.05, 4.69) is 15.9 Å². The third kappa shape index (κ3) is 4.76. The molecule has 0 saturated heterocycles. The van der Waals surface area contributed by atoms with Gasteiger partial charge in [0.1, 0.15) is 22.8 Å². The van der Waals surface area contributed by atoms with E-state index in [9.17, 15) is 22.8 Å². The quantitative estimate of drug-likeness (QED) is 0.212. The molecule has 4 rings (SSSR count). The number of halogens is 4. The van der Waals surface area contributed by atoms with Gasteiger partial charge in [-0.1, -0.05) is 12.1 Å². The Kier molecular flexibility index (Phi) is 6.34. The average molecular weight is 535 g/mol. The zero-order valence-corrected chi connectivity index (χ0v) is 18.9. The van der Waals surface area contributed by atoms with Crippen molar-refractivity contribution >= 4 is 32.9 Å². The largest absolute Gasteiger partial charge is 0.497 e. The molecule has 0 bridgehead atoms. The number of carbonyl (C=O) groups is 1. The van der Waals surface area contributed by atoms with E-state index in [-0.39, 0.29) is 22.4 Å². The molecule has 10 heteroatoms. The molecule has 6 nitrogen and oxygen atoms in total. The lowest BCUT2D eigenvalue weighted by atomic mass is 10.2. The fourth-order valence-electron chi connectivity index (χ4n) is 3.03. The van der Waals surface area contributed by atoms with Crippen LogP contribution in [0.1, 0.15) is 16.1 Å². The van der Waals surface area contributed by atoms with E-state index >= 15 is 0 Å². The summed E-state index contributed by atoms with van der Waals surface area (Å²) >= 11 is 3.17. The lowest BCUT2D eigenvalue weighted by molar-refractivity contribution is -0.154. The highest BCUT2D eigenvalue weighted by molar-refractivity contribution is 9.10. The summed E-state index contributed by atoms with van der Waals surface area (Å²) in [6, 6.07) is 15.7. The van der Waals surface area contributed by atoms with Gasteiger partial charge in [0.2, 0.25) is 11.2 Å². The number of alkyl halides is 3.